The summed E-state index contributed by atoms with van der Waals surface area (Å²) < 4.78 is 0. The minimum Gasteiger partial charge on any atom is -0.335 e. The van der Waals surface area contributed by atoms with Crippen LogP contribution in [0.5, 0.6) is 0 Å². The van der Waals surface area contributed by atoms with Gasteiger partial charge in [0.2, 0.25) is 11.8 Å². The van der Waals surface area contributed by atoms with Crippen LogP contribution < -0.4 is 16.0 Å². The van der Waals surface area contributed by atoms with Crippen LogP contribution in [0.3, 0.4) is 0 Å². The van der Waals surface area contributed by atoms with Crippen molar-refractivity contribution in [3.05, 3.63) is 10.6 Å². The van der Waals surface area contributed by atoms with E-state index in [4.69, 9.17) is 0 Å². The Morgan fingerprint density at radius 3 is 2.54 bits per heavy atom. The summed E-state index contributed by atoms with van der Waals surface area (Å²) >= 11 is 0.965. The molecule has 1 fully saturated rings. The van der Waals surface area contributed by atoms with E-state index in [1.54, 1.807) is 13.8 Å². The van der Waals surface area contributed by atoms with Gasteiger partial charge in [0.25, 0.3) is 0 Å². The number of carbonyl (C=O) groups excluding carboxylic acids is 3. The lowest BCUT2D eigenvalue weighted by Gasteiger charge is -2.34. The molecule has 0 unspecified atom stereocenters. The third kappa shape index (κ3) is 4.36. The van der Waals surface area contributed by atoms with Crippen LogP contribution in [-0.2, 0) is 9.59 Å². The zero-order chi connectivity index (χ0) is 19.3. The Morgan fingerprint density at radius 1 is 1.31 bits per heavy atom. The van der Waals surface area contributed by atoms with Gasteiger partial charge in [0.1, 0.15) is 5.92 Å². The standard InChI is InChI=1S/C17H21N5O3S/c1-17(2)11(7-18)14(24)22-15(12(17)8-19)26-9-13(23)21-16(25)20-10-5-3-4-6-10/h10-11H,3-6,9H2,1-2H3,(H,22,24)(H2,20,21,23,25)/t11-/m0/s1. The molecule has 0 aromatic carbocycles. The zero-order valence-electron chi connectivity index (χ0n) is 14.7. The molecule has 2 aliphatic rings. The minimum absolute atomic E-state index is 0.102. The smallest absolute Gasteiger partial charge is 0.321 e. The fourth-order valence-electron chi connectivity index (χ4n) is 3.13. The zero-order valence-corrected chi connectivity index (χ0v) is 15.5. The number of thioether (sulfide) groups is 1. The topological polar surface area (TPSA) is 135 Å². The van der Waals surface area contributed by atoms with Gasteiger partial charge in [-0.3, -0.25) is 14.9 Å². The molecule has 1 heterocycles. The molecule has 0 aromatic heterocycles. The number of carbonyl (C=O) groups is 3. The van der Waals surface area contributed by atoms with Crippen molar-refractivity contribution in [2.45, 2.75) is 45.6 Å². The first kappa shape index (κ1) is 19.8. The van der Waals surface area contributed by atoms with E-state index < -0.39 is 29.2 Å². The number of hydrogen-bond donors (Lipinski definition) is 3. The second-order valence-corrected chi connectivity index (χ2v) is 7.87. The molecule has 0 saturated heterocycles. The van der Waals surface area contributed by atoms with Crippen molar-refractivity contribution in [1.82, 2.24) is 16.0 Å². The number of allylic oxidation sites excluding steroid dienone is 1. The third-order valence-electron chi connectivity index (χ3n) is 4.62. The molecule has 1 aliphatic carbocycles. The number of hydrogen-bond acceptors (Lipinski definition) is 6. The van der Waals surface area contributed by atoms with Gasteiger partial charge in [-0.15, -0.1) is 0 Å². The fourth-order valence-corrected chi connectivity index (χ4v) is 4.10. The Morgan fingerprint density at radius 2 is 1.96 bits per heavy atom. The van der Waals surface area contributed by atoms with E-state index in [0.717, 1.165) is 37.4 Å². The first-order valence-electron chi connectivity index (χ1n) is 8.38. The van der Waals surface area contributed by atoms with Crippen molar-refractivity contribution < 1.29 is 14.4 Å². The van der Waals surface area contributed by atoms with E-state index in [0.29, 0.717) is 0 Å². The Labute approximate surface area is 156 Å². The molecule has 0 spiro atoms. The summed E-state index contributed by atoms with van der Waals surface area (Å²) in [6, 6.07) is 3.51. The van der Waals surface area contributed by atoms with Gasteiger partial charge in [0.15, 0.2) is 0 Å². The average Bonchev–Trinajstić information content (AvgIpc) is 3.05. The minimum atomic E-state index is -0.979. The molecule has 2 rings (SSSR count). The van der Waals surface area contributed by atoms with Crippen LogP contribution in [0.15, 0.2) is 10.6 Å². The normalized spacial score (nSPS) is 22.2. The number of nitrogens with one attached hydrogen (secondary N) is 3. The molecule has 1 atom stereocenters. The van der Waals surface area contributed by atoms with Crippen molar-refractivity contribution in [3.8, 4) is 12.1 Å². The van der Waals surface area contributed by atoms with Crippen molar-refractivity contribution in [2.24, 2.45) is 11.3 Å². The lowest BCUT2D eigenvalue weighted by Crippen LogP contribution is -2.45. The van der Waals surface area contributed by atoms with Crippen LogP contribution >= 0.6 is 11.8 Å². The SMILES string of the molecule is CC1(C)C(C#N)=C(SCC(=O)NC(=O)NC2CCCC2)NC(=O)[C@@H]1C#N. The maximum atomic E-state index is 12.1. The lowest BCUT2D eigenvalue weighted by atomic mass is 9.72. The van der Waals surface area contributed by atoms with E-state index in [2.05, 4.69) is 16.0 Å². The molecule has 0 bridgehead atoms. The predicted octanol–water partition coefficient (Wildman–Crippen LogP) is 1.52. The highest BCUT2D eigenvalue weighted by atomic mass is 32.2. The summed E-state index contributed by atoms with van der Waals surface area (Å²) in [6.45, 7) is 3.29. The molecular formula is C17H21N5O3S. The molecule has 4 amide bonds. The van der Waals surface area contributed by atoms with Gasteiger partial charge in [-0.1, -0.05) is 38.5 Å². The Balaban J connectivity index is 1.96. The number of amides is 4. The fraction of sp³-hybridized carbons (Fsp3) is 0.588. The average molecular weight is 375 g/mol. The number of nitrogens with zero attached hydrogens (tertiary/aromatic N) is 2. The Hall–Kier alpha value is -2.52. The van der Waals surface area contributed by atoms with E-state index >= 15 is 0 Å². The summed E-state index contributed by atoms with van der Waals surface area (Å²) in [5, 5.41) is 26.4. The summed E-state index contributed by atoms with van der Waals surface area (Å²) in [5.41, 5.74) is -0.707. The highest BCUT2D eigenvalue weighted by Crippen LogP contribution is 2.41. The Kier molecular flexibility index (Phi) is 6.27. The highest BCUT2D eigenvalue weighted by molar-refractivity contribution is 8.03. The largest absolute Gasteiger partial charge is 0.335 e. The monoisotopic (exact) mass is 375 g/mol. The first-order valence-corrected chi connectivity index (χ1v) is 9.36. The van der Waals surface area contributed by atoms with E-state index in [9.17, 15) is 24.9 Å². The molecule has 1 saturated carbocycles. The van der Waals surface area contributed by atoms with Crippen LogP contribution in [0.4, 0.5) is 4.79 Å². The number of rotatable bonds is 4. The summed E-state index contributed by atoms with van der Waals surface area (Å²) in [6.07, 6.45) is 3.96. The molecule has 3 N–H and O–H groups in total. The second-order valence-electron chi connectivity index (χ2n) is 6.88. The predicted molar refractivity (Wildman–Crippen MR) is 95.1 cm³/mol. The van der Waals surface area contributed by atoms with Gasteiger partial charge in [-0.25, -0.2) is 4.79 Å². The highest BCUT2D eigenvalue weighted by Gasteiger charge is 2.44. The molecule has 1 aliphatic heterocycles. The molecule has 9 heteroatoms. The summed E-state index contributed by atoms with van der Waals surface area (Å²) in [7, 11) is 0. The van der Waals surface area contributed by atoms with E-state index in [1.165, 1.54) is 0 Å². The number of urea groups is 1. The number of imide groups is 1. The van der Waals surface area contributed by atoms with Crippen LogP contribution in [0, 0.1) is 34.0 Å². The summed E-state index contributed by atoms with van der Waals surface area (Å²) in [5.74, 6) is -2.14. The second kappa shape index (κ2) is 8.24. The first-order chi connectivity index (χ1) is 12.3. The maximum absolute atomic E-state index is 12.1. The third-order valence-corrected chi connectivity index (χ3v) is 5.63. The summed E-state index contributed by atoms with van der Waals surface area (Å²) in [4.78, 5) is 35.8. The van der Waals surface area contributed by atoms with Gasteiger partial charge in [-0.2, -0.15) is 10.5 Å². The van der Waals surface area contributed by atoms with Crippen LogP contribution in [0.1, 0.15) is 39.5 Å². The van der Waals surface area contributed by atoms with Gasteiger partial charge >= 0.3 is 6.03 Å². The molecule has 138 valence electrons. The lowest BCUT2D eigenvalue weighted by molar-refractivity contribution is -0.125. The van der Waals surface area contributed by atoms with Crippen LogP contribution in [0.25, 0.3) is 0 Å². The van der Waals surface area contributed by atoms with Gasteiger partial charge in [0, 0.05) is 11.5 Å². The number of nitriles is 2. The maximum Gasteiger partial charge on any atom is 0.321 e. The van der Waals surface area contributed by atoms with Crippen molar-refractivity contribution >= 4 is 29.6 Å². The molecule has 0 aromatic rings. The van der Waals surface area contributed by atoms with Crippen LogP contribution in [-0.4, -0.2) is 29.6 Å². The van der Waals surface area contributed by atoms with E-state index in [-0.39, 0.29) is 22.4 Å². The molecular weight excluding hydrogens is 354 g/mol. The van der Waals surface area contributed by atoms with Crippen molar-refractivity contribution in [2.75, 3.05) is 5.75 Å². The molecule has 0 radical (unpaired) electrons. The van der Waals surface area contributed by atoms with Gasteiger partial charge in [0.05, 0.1) is 28.5 Å². The molecule has 8 nitrogen and oxygen atoms in total. The molecule has 26 heavy (non-hydrogen) atoms. The van der Waals surface area contributed by atoms with E-state index in [1.807, 2.05) is 12.1 Å². The van der Waals surface area contributed by atoms with Crippen molar-refractivity contribution in [1.29, 1.82) is 10.5 Å². The van der Waals surface area contributed by atoms with Crippen molar-refractivity contribution in [3.63, 3.8) is 0 Å². The van der Waals surface area contributed by atoms with Crippen LogP contribution in [0.2, 0.25) is 0 Å². The van der Waals surface area contributed by atoms with Gasteiger partial charge < -0.3 is 10.6 Å². The quantitative estimate of drug-likeness (QED) is 0.682. The van der Waals surface area contributed by atoms with Gasteiger partial charge in [-0.05, 0) is 12.8 Å². The Bertz CT molecular complexity index is 726.